The van der Waals surface area contributed by atoms with Crippen LogP contribution in [-0.4, -0.2) is 62.4 Å². The van der Waals surface area contributed by atoms with Crippen LogP contribution in [0.1, 0.15) is 43.7 Å². The lowest BCUT2D eigenvalue weighted by Crippen LogP contribution is -2.52. The molecule has 2 saturated heterocycles. The van der Waals surface area contributed by atoms with Gasteiger partial charge in [0.1, 0.15) is 5.82 Å². The van der Waals surface area contributed by atoms with Crippen molar-refractivity contribution in [1.29, 1.82) is 0 Å². The predicted molar refractivity (Wildman–Crippen MR) is 109 cm³/mol. The molecule has 1 amide bonds. The molecule has 154 valence electrons. The first-order valence-electron chi connectivity index (χ1n) is 10.5. The summed E-state index contributed by atoms with van der Waals surface area (Å²) in [7, 11) is 0. The lowest BCUT2D eigenvalue weighted by molar-refractivity contribution is 0.0593. The van der Waals surface area contributed by atoms with Crippen LogP contribution in [-0.2, 0) is 0 Å². The number of H-pyrrole nitrogens is 1. The highest BCUT2D eigenvalue weighted by molar-refractivity contribution is 5.66. The number of carboxylic acid groups (broad SMARTS) is 1. The lowest BCUT2D eigenvalue weighted by Gasteiger charge is -2.40. The molecular formula is C20H27N7O2. The van der Waals surface area contributed by atoms with Gasteiger partial charge in [-0.1, -0.05) is 12.8 Å². The molecule has 0 spiro atoms. The fourth-order valence-electron chi connectivity index (χ4n) is 4.87. The molecule has 1 saturated carbocycles. The predicted octanol–water partition coefficient (Wildman–Crippen LogP) is 3.04. The smallest absolute Gasteiger partial charge is 0.407 e. The summed E-state index contributed by atoms with van der Waals surface area (Å²) in [5.74, 6) is 3.81. The summed E-state index contributed by atoms with van der Waals surface area (Å²) in [6.07, 6.45) is 7.09. The van der Waals surface area contributed by atoms with Gasteiger partial charge in [-0.3, -0.25) is 5.10 Å². The van der Waals surface area contributed by atoms with Gasteiger partial charge in [-0.15, -0.1) is 0 Å². The minimum atomic E-state index is -0.812. The fraction of sp³-hybridized carbons (Fsp3) is 0.600. The van der Waals surface area contributed by atoms with Crippen molar-refractivity contribution in [2.45, 2.75) is 38.0 Å². The highest BCUT2D eigenvalue weighted by Gasteiger charge is 2.39. The van der Waals surface area contributed by atoms with Crippen LogP contribution >= 0.6 is 0 Å². The quantitative estimate of drug-likeness (QED) is 0.711. The van der Waals surface area contributed by atoms with Crippen molar-refractivity contribution in [1.82, 2.24) is 25.1 Å². The summed E-state index contributed by atoms with van der Waals surface area (Å²) in [6, 6.07) is 3.95. The zero-order valence-electron chi connectivity index (χ0n) is 16.4. The number of hydrogen-bond acceptors (Lipinski definition) is 6. The summed E-state index contributed by atoms with van der Waals surface area (Å²) < 4.78 is 0. The third kappa shape index (κ3) is 3.73. The molecule has 3 N–H and O–H groups in total. The SMILES string of the molecule is O=C(O)N1CC(C2CCN(c3nccc(Nc4cc(C5CCCC5)[nH]n4)n3)C2)C1. The molecule has 0 radical (unpaired) electrons. The van der Waals surface area contributed by atoms with Gasteiger partial charge in [0.05, 0.1) is 0 Å². The number of aromatic nitrogens is 4. The summed E-state index contributed by atoms with van der Waals surface area (Å²) in [5, 5.41) is 19.9. The van der Waals surface area contributed by atoms with Gasteiger partial charge >= 0.3 is 6.09 Å². The molecule has 5 rings (SSSR count). The normalized spacial score (nSPS) is 22.8. The fourth-order valence-corrected chi connectivity index (χ4v) is 4.87. The van der Waals surface area contributed by atoms with Crippen molar-refractivity contribution >= 4 is 23.7 Å². The lowest BCUT2D eigenvalue weighted by atomic mass is 9.85. The monoisotopic (exact) mass is 397 g/mol. The van der Waals surface area contributed by atoms with E-state index < -0.39 is 6.09 Å². The Hall–Kier alpha value is -2.84. The first-order chi connectivity index (χ1) is 14.2. The molecule has 4 heterocycles. The molecule has 3 aliphatic rings. The molecule has 1 unspecified atom stereocenters. The summed E-state index contributed by atoms with van der Waals surface area (Å²) in [4.78, 5) is 23.8. The maximum absolute atomic E-state index is 11.0. The Bertz CT molecular complexity index is 873. The molecule has 1 aliphatic carbocycles. The van der Waals surface area contributed by atoms with Crippen molar-refractivity contribution in [3.05, 3.63) is 24.0 Å². The number of anilines is 3. The number of amides is 1. The van der Waals surface area contributed by atoms with E-state index in [0.717, 1.165) is 37.1 Å². The maximum atomic E-state index is 11.0. The highest BCUT2D eigenvalue weighted by atomic mass is 16.4. The van der Waals surface area contributed by atoms with Gasteiger partial charge in [0.2, 0.25) is 5.95 Å². The minimum absolute atomic E-state index is 0.454. The summed E-state index contributed by atoms with van der Waals surface area (Å²) in [6.45, 7) is 3.10. The van der Waals surface area contributed by atoms with E-state index in [-0.39, 0.29) is 0 Å². The second-order valence-electron chi connectivity index (χ2n) is 8.50. The molecule has 9 heteroatoms. The van der Waals surface area contributed by atoms with Gasteiger partial charge in [0.25, 0.3) is 0 Å². The van der Waals surface area contributed by atoms with Crippen LogP contribution in [0.15, 0.2) is 18.3 Å². The Kier molecular flexibility index (Phi) is 4.73. The average Bonchev–Trinajstić information content (AvgIpc) is 3.42. The summed E-state index contributed by atoms with van der Waals surface area (Å²) >= 11 is 0. The first-order valence-corrected chi connectivity index (χ1v) is 10.5. The van der Waals surface area contributed by atoms with Gasteiger partial charge in [-0.2, -0.15) is 10.1 Å². The first kappa shape index (κ1) is 18.2. The zero-order chi connectivity index (χ0) is 19.8. The van der Waals surface area contributed by atoms with Crippen LogP contribution in [0.2, 0.25) is 0 Å². The Morgan fingerprint density at radius 3 is 2.76 bits per heavy atom. The van der Waals surface area contributed by atoms with Crippen LogP contribution in [0, 0.1) is 11.8 Å². The van der Waals surface area contributed by atoms with Crippen molar-refractivity contribution < 1.29 is 9.90 Å². The topological polar surface area (TPSA) is 110 Å². The van der Waals surface area contributed by atoms with Crippen molar-refractivity contribution in [3.63, 3.8) is 0 Å². The third-order valence-corrected chi connectivity index (χ3v) is 6.65. The minimum Gasteiger partial charge on any atom is -0.465 e. The van der Waals surface area contributed by atoms with E-state index in [9.17, 15) is 4.79 Å². The van der Waals surface area contributed by atoms with Crippen LogP contribution < -0.4 is 10.2 Å². The number of rotatable bonds is 5. The molecule has 2 aromatic rings. The highest BCUT2D eigenvalue weighted by Crippen LogP contribution is 2.34. The van der Waals surface area contributed by atoms with Gasteiger partial charge < -0.3 is 20.2 Å². The van der Waals surface area contributed by atoms with Gasteiger partial charge in [0.15, 0.2) is 5.82 Å². The molecule has 2 aromatic heterocycles. The molecule has 0 bridgehead atoms. The zero-order valence-corrected chi connectivity index (χ0v) is 16.4. The largest absolute Gasteiger partial charge is 0.465 e. The molecule has 1 atom stereocenters. The van der Waals surface area contributed by atoms with E-state index in [0.29, 0.717) is 30.8 Å². The van der Waals surface area contributed by atoms with Crippen molar-refractivity contribution in [3.8, 4) is 0 Å². The van der Waals surface area contributed by atoms with Gasteiger partial charge in [-0.25, -0.2) is 9.78 Å². The van der Waals surface area contributed by atoms with E-state index in [2.05, 4.69) is 36.4 Å². The third-order valence-electron chi connectivity index (χ3n) is 6.65. The van der Waals surface area contributed by atoms with Crippen LogP contribution in [0.25, 0.3) is 0 Å². The molecule has 9 nitrogen and oxygen atoms in total. The number of nitrogens with zero attached hydrogens (tertiary/aromatic N) is 5. The van der Waals surface area contributed by atoms with Gasteiger partial charge in [0, 0.05) is 50.1 Å². The number of nitrogens with one attached hydrogen (secondary N) is 2. The van der Waals surface area contributed by atoms with E-state index in [4.69, 9.17) is 5.11 Å². The standard InChI is InChI=1S/C20H27N7O2/c28-20(29)27-11-15(12-27)14-6-8-26(10-14)19-21-7-5-17(23-19)22-18-9-16(24-25-18)13-3-1-2-4-13/h5,7,9,13-15H,1-4,6,8,10-12H2,(H,28,29)(H2,21,22,23,24,25). The molecule has 0 aromatic carbocycles. The Morgan fingerprint density at radius 1 is 1.14 bits per heavy atom. The van der Waals surface area contributed by atoms with E-state index in [1.165, 1.54) is 36.3 Å². The van der Waals surface area contributed by atoms with Crippen molar-refractivity contribution in [2.24, 2.45) is 11.8 Å². The second-order valence-corrected chi connectivity index (χ2v) is 8.50. The number of carbonyl (C=O) groups is 1. The molecule has 2 aliphatic heterocycles. The molecular weight excluding hydrogens is 370 g/mol. The van der Waals surface area contributed by atoms with Crippen LogP contribution in [0.3, 0.4) is 0 Å². The van der Waals surface area contributed by atoms with Crippen LogP contribution in [0.4, 0.5) is 22.4 Å². The average molecular weight is 397 g/mol. The number of aromatic amines is 1. The molecule has 29 heavy (non-hydrogen) atoms. The maximum Gasteiger partial charge on any atom is 0.407 e. The van der Waals surface area contributed by atoms with E-state index >= 15 is 0 Å². The summed E-state index contributed by atoms with van der Waals surface area (Å²) in [5.41, 5.74) is 1.21. The second kappa shape index (κ2) is 7.53. The van der Waals surface area contributed by atoms with Crippen molar-refractivity contribution in [2.75, 3.05) is 36.4 Å². The van der Waals surface area contributed by atoms with E-state index in [1.54, 1.807) is 6.20 Å². The Morgan fingerprint density at radius 2 is 1.97 bits per heavy atom. The van der Waals surface area contributed by atoms with Gasteiger partial charge in [-0.05, 0) is 37.2 Å². The van der Waals surface area contributed by atoms with E-state index in [1.807, 2.05) is 6.07 Å². The molecule has 3 fully saturated rings. The Labute approximate surface area is 169 Å². The Balaban J connectivity index is 1.20. The number of hydrogen-bond donors (Lipinski definition) is 3. The number of likely N-dealkylation sites (tertiary alicyclic amines) is 1. The van der Waals surface area contributed by atoms with Crippen LogP contribution in [0.5, 0.6) is 0 Å².